The summed E-state index contributed by atoms with van der Waals surface area (Å²) in [4.78, 5) is 0. The van der Waals surface area contributed by atoms with Crippen molar-refractivity contribution in [3.8, 4) is 0 Å². The second-order valence-electron chi connectivity index (χ2n) is 4.76. The largest absolute Gasteiger partial charge is 0.382 e. The smallest absolute Gasteiger partial charge is 0.117 e. The van der Waals surface area contributed by atoms with E-state index in [1.54, 1.807) is 24.9 Å². The van der Waals surface area contributed by atoms with Crippen LogP contribution in [0.1, 0.15) is 26.5 Å². The van der Waals surface area contributed by atoms with Crippen LogP contribution in [0.15, 0.2) is 6.20 Å². The Bertz CT molecular complexity index is 327. The Balaban J connectivity index is 2.70. The summed E-state index contributed by atoms with van der Waals surface area (Å²) >= 11 is 6.00. The fraction of sp³-hybridized carbons (Fsp3) is 0.727. The Labute approximate surface area is 102 Å². The van der Waals surface area contributed by atoms with Gasteiger partial charge in [0.2, 0.25) is 0 Å². The standard InChI is InChI=1S/C11H20ClN3O/c1-8(2)5-13-7-11(3,16)10-9(12)6-14-15(10)4/h6,8,13,16H,5,7H2,1-4H3. The first-order chi connectivity index (χ1) is 7.34. The molecule has 0 spiro atoms. The van der Waals surface area contributed by atoms with Crippen LogP contribution in [-0.2, 0) is 12.6 Å². The molecule has 0 saturated carbocycles. The minimum absolute atomic E-state index is 0.463. The number of nitrogens with one attached hydrogen (secondary N) is 1. The van der Waals surface area contributed by atoms with E-state index in [-0.39, 0.29) is 0 Å². The summed E-state index contributed by atoms with van der Waals surface area (Å²) < 4.78 is 1.61. The van der Waals surface area contributed by atoms with Crippen LogP contribution >= 0.6 is 11.6 Å². The van der Waals surface area contributed by atoms with Gasteiger partial charge >= 0.3 is 0 Å². The van der Waals surface area contributed by atoms with Gasteiger partial charge in [-0.3, -0.25) is 4.68 Å². The molecule has 0 aliphatic carbocycles. The average molecular weight is 246 g/mol. The normalized spacial score (nSPS) is 15.4. The monoisotopic (exact) mass is 245 g/mol. The van der Waals surface area contributed by atoms with Gasteiger partial charge in [0.1, 0.15) is 5.60 Å². The third-order valence-corrected chi connectivity index (χ3v) is 2.70. The van der Waals surface area contributed by atoms with Crippen LogP contribution in [0.5, 0.6) is 0 Å². The van der Waals surface area contributed by atoms with E-state index < -0.39 is 5.60 Å². The lowest BCUT2D eigenvalue weighted by molar-refractivity contribution is 0.0481. The zero-order chi connectivity index (χ0) is 12.3. The second kappa shape index (κ2) is 5.17. The molecule has 0 aliphatic heterocycles. The predicted octanol–water partition coefficient (Wildman–Crippen LogP) is 1.53. The lowest BCUT2D eigenvalue weighted by Gasteiger charge is -2.25. The summed E-state index contributed by atoms with van der Waals surface area (Å²) in [6.45, 7) is 7.32. The number of halogens is 1. The van der Waals surface area contributed by atoms with Gasteiger partial charge in [0.15, 0.2) is 0 Å². The Morgan fingerprint density at radius 3 is 2.69 bits per heavy atom. The van der Waals surface area contributed by atoms with Gasteiger partial charge in [0.05, 0.1) is 16.9 Å². The molecule has 1 unspecified atom stereocenters. The Hall–Kier alpha value is -0.580. The van der Waals surface area contributed by atoms with Gasteiger partial charge in [-0.05, 0) is 19.4 Å². The minimum atomic E-state index is -1.00. The molecule has 92 valence electrons. The molecule has 0 fully saturated rings. The summed E-state index contributed by atoms with van der Waals surface area (Å²) in [5.41, 5.74) is -0.359. The number of aliphatic hydroxyl groups is 1. The number of rotatable bonds is 5. The summed E-state index contributed by atoms with van der Waals surface area (Å²) in [5.74, 6) is 0.554. The molecule has 0 bridgehead atoms. The first-order valence-electron chi connectivity index (χ1n) is 5.45. The van der Waals surface area contributed by atoms with Crippen molar-refractivity contribution in [1.29, 1.82) is 0 Å². The van der Waals surface area contributed by atoms with Gasteiger partial charge in [0.25, 0.3) is 0 Å². The van der Waals surface area contributed by atoms with Gasteiger partial charge in [-0.1, -0.05) is 25.4 Å². The average Bonchev–Trinajstić information content (AvgIpc) is 2.45. The fourth-order valence-electron chi connectivity index (χ4n) is 1.70. The highest BCUT2D eigenvalue weighted by Crippen LogP contribution is 2.26. The van der Waals surface area contributed by atoms with Crippen molar-refractivity contribution in [1.82, 2.24) is 15.1 Å². The molecule has 1 atom stereocenters. The summed E-state index contributed by atoms with van der Waals surface area (Å²) in [6.07, 6.45) is 1.55. The molecule has 0 aliphatic rings. The quantitative estimate of drug-likeness (QED) is 0.827. The fourth-order valence-corrected chi connectivity index (χ4v) is 2.07. The van der Waals surface area contributed by atoms with Crippen LogP contribution in [0.4, 0.5) is 0 Å². The summed E-state index contributed by atoms with van der Waals surface area (Å²) in [5, 5.41) is 18.1. The van der Waals surface area contributed by atoms with Crippen molar-refractivity contribution in [2.75, 3.05) is 13.1 Å². The highest BCUT2D eigenvalue weighted by atomic mass is 35.5. The van der Waals surface area contributed by atoms with E-state index in [0.717, 1.165) is 6.54 Å². The molecule has 2 N–H and O–H groups in total. The van der Waals surface area contributed by atoms with E-state index in [0.29, 0.717) is 23.2 Å². The minimum Gasteiger partial charge on any atom is -0.382 e. The van der Waals surface area contributed by atoms with Gasteiger partial charge < -0.3 is 10.4 Å². The second-order valence-corrected chi connectivity index (χ2v) is 5.17. The molecule has 0 amide bonds. The summed E-state index contributed by atoms with van der Waals surface area (Å²) in [7, 11) is 1.78. The molecular formula is C11H20ClN3O. The number of hydrogen-bond donors (Lipinski definition) is 2. The van der Waals surface area contributed by atoms with E-state index in [1.807, 2.05) is 0 Å². The van der Waals surface area contributed by atoms with Crippen LogP contribution < -0.4 is 5.32 Å². The topological polar surface area (TPSA) is 50.1 Å². The molecule has 5 heteroatoms. The SMILES string of the molecule is CC(C)CNCC(C)(O)c1c(Cl)cnn1C. The maximum atomic E-state index is 10.3. The van der Waals surface area contributed by atoms with Crippen LogP contribution in [0, 0.1) is 5.92 Å². The zero-order valence-electron chi connectivity index (χ0n) is 10.3. The van der Waals surface area contributed by atoms with Crippen molar-refractivity contribution in [2.24, 2.45) is 13.0 Å². The molecule has 1 heterocycles. The molecule has 1 rings (SSSR count). The highest BCUT2D eigenvalue weighted by Gasteiger charge is 2.29. The summed E-state index contributed by atoms with van der Waals surface area (Å²) in [6, 6.07) is 0. The first-order valence-corrected chi connectivity index (χ1v) is 5.83. The van der Waals surface area contributed by atoms with E-state index in [9.17, 15) is 5.11 Å². The van der Waals surface area contributed by atoms with E-state index >= 15 is 0 Å². The number of nitrogens with zero attached hydrogens (tertiary/aromatic N) is 2. The number of hydrogen-bond acceptors (Lipinski definition) is 3. The van der Waals surface area contributed by atoms with E-state index in [1.165, 1.54) is 0 Å². The van der Waals surface area contributed by atoms with Gasteiger partial charge in [0, 0.05) is 13.6 Å². The van der Waals surface area contributed by atoms with Crippen molar-refractivity contribution in [3.05, 3.63) is 16.9 Å². The Kier molecular flexibility index (Phi) is 4.35. The van der Waals surface area contributed by atoms with Gasteiger partial charge in [-0.2, -0.15) is 5.10 Å². The maximum Gasteiger partial charge on any atom is 0.117 e. The molecule has 0 aromatic carbocycles. The molecule has 4 nitrogen and oxygen atoms in total. The van der Waals surface area contributed by atoms with Gasteiger partial charge in [-0.15, -0.1) is 0 Å². The molecule has 16 heavy (non-hydrogen) atoms. The zero-order valence-corrected chi connectivity index (χ0v) is 11.0. The third-order valence-electron chi connectivity index (χ3n) is 2.43. The van der Waals surface area contributed by atoms with Crippen LogP contribution in [0.2, 0.25) is 5.02 Å². The van der Waals surface area contributed by atoms with Gasteiger partial charge in [-0.25, -0.2) is 0 Å². The van der Waals surface area contributed by atoms with Crippen molar-refractivity contribution in [3.63, 3.8) is 0 Å². The van der Waals surface area contributed by atoms with Crippen molar-refractivity contribution in [2.45, 2.75) is 26.4 Å². The molecule has 1 aromatic rings. The Morgan fingerprint density at radius 2 is 2.25 bits per heavy atom. The maximum absolute atomic E-state index is 10.3. The van der Waals surface area contributed by atoms with Crippen LogP contribution in [0.3, 0.4) is 0 Å². The first kappa shape index (κ1) is 13.5. The molecular weight excluding hydrogens is 226 g/mol. The van der Waals surface area contributed by atoms with Crippen LogP contribution in [-0.4, -0.2) is 28.0 Å². The number of aryl methyl sites for hydroxylation is 1. The van der Waals surface area contributed by atoms with Crippen molar-refractivity contribution < 1.29 is 5.11 Å². The predicted molar refractivity (Wildman–Crippen MR) is 65.5 cm³/mol. The lowest BCUT2D eigenvalue weighted by atomic mass is 10.0. The molecule has 0 saturated heterocycles. The lowest BCUT2D eigenvalue weighted by Crippen LogP contribution is -2.38. The highest BCUT2D eigenvalue weighted by molar-refractivity contribution is 6.31. The van der Waals surface area contributed by atoms with E-state index in [4.69, 9.17) is 11.6 Å². The number of aromatic nitrogens is 2. The van der Waals surface area contributed by atoms with E-state index in [2.05, 4.69) is 24.3 Å². The van der Waals surface area contributed by atoms with Crippen LogP contribution in [0.25, 0.3) is 0 Å². The Morgan fingerprint density at radius 1 is 1.62 bits per heavy atom. The molecule has 0 radical (unpaired) electrons. The third kappa shape index (κ3) is 3.20. The molecule has 1 aromatic heterocycles. The van der Waals surface area contributed by atoms with Crippen molar-refractivity contribution >= 4 is 11.6 Å².